The van der Waals surface area contributed by atoms with E-state index in [4.69, 9.17) is 21.1 Å². The number of benzene rings is 2. The van der Waals surface area contributed by atoms with Crippen LogP contribution in [-0.4, -0.2) is 12.6 Å². The summed E-state index contributed by atoms with van der Waals surface area (Å²) in [5.74, 6) is 2.84. The van der Waals surface area contributed by atoms with Gasteiger partial charge in [0.05, 0.1) is 11.1 Å². The Morgan fingerprint density at radius 3 is 2.68 bits per heavy atom. The van der Waals surface area contributed by atoms with E-state index < -0.39 is 0 Å². The third kappa shape index (κ3) is 3.51. The monoisotopic (exact) mass is 397 g/mol. The van der Waals surface area contributed by atoms with Crippen LogP contribution in [0.4, 0.5) is 5.69 Å². The Morgan fingerprint density at radius 2 is 1.82 bits per heavy atom. The summed E-state index contributed by atoms with van der Waals surface area (Å²) in [6.07, 6.45) is 9.43. The molecule has 2 aromatic rings. The van der Waals surface area contributed by atoms with E-state index in [1.807, 2.05) is 30.3 Å². The maximum absolute atomic E-state index is 6.34. The van der Waals surface area contributed by atoms with Crippen LogP contribution < -0.4 is 10.1 Å². The normalized spacial score (nSPS) is 27.4. The Labute approximate surface area is 172 Å². The van der Waals surface area contributed by atoms with Crippen molar-refractivity contribution in [2.75, 3.05) is 11.9 Å². The van der Waals surface area contributed by atoms with Crippen LogP contribution in [0.3, 0.4) is 0 Å². The van der Waals surface area contributed by atoms with Crippen molar-refractivity contribution in [3.05, 3.63) is 53.1 Å². The summed E-state index contributed by atoms with van der Waals surface area (Å²) >= 11 is 6.27. The lowest BCUT2D eigenvalue weighted by Gasteiger charge is -2.47. The highest BCUT2D eigenvalue weighted by Crippen LogP contribution is 2.48. The van der Waals surface area contributed by atoms with E-state index in [1.54, 1.807) is 0 Å². The van der Waals surface area contributed by atoms with E-state index in [-0.39, 0.29) is 6.10 Å². The smallest absolute Gasteiger partial charge is 0.146 e. The molecule has 1 N–H and O–H groups in total. The Morgan fingerprint density at radius 1 is 0.964 bits per heavy atom. The number of fused-ring (bicyclic) bond motifs is 3. The molecule has 0 aromatic heterocycles. The molecule has 2 fully saturated rings. The molecule has 1 saturated carbocycles. The van der Waals surface area contributed by atoms with Gasteiger partial charge in [0.1, 0.15) is 11.5 Å². The summed E-state index contributed by atoms with van der Waals surface area (Å²) in [6, 6.07) is 14.5. The lowest BCUT2D eigenvalue weighted by molar-refractivity contribution is -0.0458. The lowest BCUT2D eigenvalue weighted by Crippen LogP contribution is -2.46. The molecule has 3 aliphatic rings. The average Bonchev–Trinajstić information content (AvgIpc) is 2.75. The van der Waals surface area contributed by atoms with E-state index in [0.29, 0.717) is 22.7 Å². The van der Waals surface area contributed by atoms with Gasteiger partial charge in [0.15, 0.2) is 0 Å². The molecule has 28 heavy (non-hydrogen) atoms. The third-order valence-corrected chi connectivity index (χ3v) is 7.02. The minimum atomic E-state index is 0.173. The van der Waals surface area contributed by atoms with Crippen LogP contribution in [0.15, 0.2) is 42.5 Å². The van der Waals surface area contributed by atoms with Crippen LogP contribution in [0.1, 0.15) is 56.6 Å². The number of rotatable bonds is 3. The van der Waals surface area contributed by atoms with Crippen LogP contribution in [0.5, 0.6) is 11.5 Å². The van der Waals surface area contributed by atoms with Crippen LogP contribution in [0.25, 0.3) is 0 Å². The molecule has 2 aliphatic heterocycles. The van der Waals surface area contributed by atoms with Crippen molar-refractivity contribution in [3.8, 4) is 11.5 Å². The highest BCUT2D eigenvalue weighted by molar-refractivity contribution is 6.32. The predicted octanol–water partition coefficient (Wildman–Crippen LogP) is 6.97. The van der Waals surface area contributed by atoms with Gasteiger partial charge in [0.25, 0.3) is 0 Å². The van der Waals surface area contributed by atoms with Gasteiger partial charge in [0, 0.05) is 29.8 Å². The van der Waals surface area contributed by atoms with Gasteiger partial charge in [0.2, 0.25) is 0 Å². The maximum atomic E-state index is 6.34. The van der Waals surface area contributed by atoms with Crippen molar-refractivity contribution in [3.63, 3.8) is 0 Å². The molecule has 0 amide bonds. The van der Waals surface area contributed by atoms with Crippen molar-refractivity contribution in [1.82, 2.24) is 0 Å². The molecule has 1 unspecified atom stereocenters. The Hall–Kier alpha value is -1.71. The number of para-hydroxylation sites is 1. The first kappa shape index (κ1) is 18.3. The zero-order chi connectivity index (χ0) is 18.9. The molecular formula is C24H28ClNO2. The number of ether oxygens (including phenoxy) is 2. The summed E-state index contributed by atoms with van der Waals surface area (Å²) in [5.41, 5.74) is 2.45. The van der Waals surface area contributed by atoms with Gasteiger partial charge < -0.3 is 14.8 Å². The lowest BCUT2D eigenvalue weighted by atomic mass is 9.71. The second-order valence-electron chi connectivity index (χ2n) is 8.45. The summed E-state index contributed by atoms with van der Waals surface area (Å²) < 4.78 is 12.4. The summed E-state index contributed by atoms with van der Waals surface area (Å²) in [5, 5.41) is 4.53. The van der Waals surface area contributed by atoms with Gasteiger partial charge in [-0.15, -0.1) is 0 Å². The highest BCUT2D eigenvalue weighted by atomic mass is 35.5. The van der Waals surface area contributed by atoms with Gasteiger partial charge in [-0.2, -0.15) is 0 Å². The first-order valence-electron chi connectivity index (χ1n) is 10.7. The summed E-state index contributed by atoms with van der Waals surface area (Å²) in [7, 11) is 0. The van der Waals surface area contributed by atoms with Crippen molar-refractivity contribution in [1.29, 1.82) is 0 Å². The first-order chi connectivity index (χ1) is 13.8. The van der Waals surface area contributed by atoms with Gasteiger partial charge >= 0.3 is 0 Å². The molecule has 0 radical (unpaired) electrons. The van der Waals surface area contributed by atoms with Crippen molar-refractivity contribution in [2.24, 2.45) is 11.8 Å². The van der Waals surface area contributed by atoms with E-state index in [2.05, 4.69) is 17.4 Å². The van der Waals surface area contributed by atoms with E-state index in [0.717, 1.165) is 24.7 Å². The number of anilines is 1. The quantitative estimate of drug-likeness (QED) is 0.606. The molecule has 2 heterocycles. The fraction of sp³-hybridized carbons (Fsp3) is 0.500. The number of halogens is 1. The molecular weight excluding hydrogens is 370 g/mol. The highest BCUT2D eigenvalue weighted by Gasteiger charge is 2.42. The van der Waals surface area contributed by atoms with E-state index >= 15 is 0 Å². The molecule has 1 aliphatic carbocycles. The second-order valence-corrected chi connectivity index (χ2v) is 8.85. The zero-order valence-electron chi connectivity index (χ0n) is 16.2. The minimum Gasteiger partial charge on any atom is -0.456 e. The number of hydrogen-bond donors (Lipinski definition) is 1. The second kappa shape index (κ2) is 7.96. The van der Waals surface area contributed by atoms with Gasteiger partial charge in [-0.3, -0.25) is 0 Å². The van der Waals surface area contributed by atoms with Gasteiger partial charge in [-0.1, -0.05) is 43.0 Å². The maximum Gasteiger partial charge on any atom is 0.146 e. The molecule has 4 heteroatoms. The predicted molar refractivity (Wildman–Crippen MR) is 113 cm³/mol. The summed E-state index contributed by atoms with van der Waals surface area (Å²) in [6.45, 7) is 0.855. The third-order valence-electron chi connectivity index (χ3n) is 6.70. The number of nitrogens with one attached hydrogen (secondary N) is 1. The van der Waals surface area contributed by atoms with Crippen molar-refractivity contribution in [2.45, 2.75) is 57.1 Å². The molecule has 3 atom stereocenters. The zero-order valence-corrected chi connectivity index (χ0v) is 17.0. The fourth-order valence-corrected chi connectivity index (χ4v) is 5.54. The number of hydrogen-bond acceptors (Lipinski definition) is 3. The van der Waals surface area contributed by atoms with Crippen LogP contribution >= 0.6 is 11.6 Å². The Kier molecular flexibility index (Phi) is 5.21. The van der Waals surface area contributed by atoms with Gasteiger partial charge in [-0.25, -0.2) is 0 Å². The average molecular weight is 398 g/mol. The Balaban J connectivity index is 1.44. The Bertz CT molecular complexity index is 833. The molecule has 0 bridgehead atoms. The molecule has 2 aromatic carbocycles. The molecule has 148 valence electrons. The van der Waals surface area contributed by atoms with E-state index in [9.17, 15) is 0 Å². The van der Waals surface area contributed by atoms with Crippen molar-refractivity contribution >= 4 is 17.3 Å². The summed E-state index contributed by atoms with van der Waals surface area (Å²) in [4.78, 5) is 0. The van der Waals surface area contributed by atoms with Crippen molar-refractivity contribution < 1.29 is 9.47 Å². The standard InChI is InChI=1S/C24H28ClNO2/c25-20-10-4-5-11-22(20)28-17-12-13-21-19(15-17)24-18(9-6-14-27-24)23(26-21)16-7-2-1-3-8-16/h4-5,10-13,15-16,18,23-24,26H,1-3,6-9,14H2/t18-,23?,24-/m0/s1. The molecule has 3 nitrogen and oxygen atoms in total. The van der Waals surface area contributed by atoms with Crippen LogP contribution in [-0.2, 0) is 4.74 Å². The molecule has 5 rings (SSSR count). The molecule has 1 saturated heterocycles. The largest absolute Gasteiger partial charge is 0.456 e. The molecule has 0 spiro atoms. The van der Waals surface area contributed by atoms with Crippen LogP contribution in [0, 0.1) is 11.8 Å². The topological polar surface area (TPSA) is 30.5 Å². The van der Waals surface area contributed by atoms with Crippen LogP contribution in [0.2, 0.25) is 5.02 Å². The first-order valence-corrected chi connectivity index (χ1v) is 11.1. The van der Waals surface area contributed by atoms with E-state index in [1.165, 1.54) is 49.8 Å². The van der Waals surface area contributed by atoms with Gasteiger partial charge in [-0.05, 0) is 61.9 Å². The SMILES string of the molecule is Clc1ccccc1Oc1ccc2c(c1)[C@H]1OCCC[C@H]1C(C1CCCCC1)N2. The fourth-order valence-electron chi connectivity index (χ4n) is 5.37. The minimum absolute atomic E-state index is 0.173.